The highest BCUT2D eigenvalue weighted by Crippen LogP contribution is 2.48. The summed E-state index contributed by atoms with van der Waals surface area (Å²) >= 11 is 0. The van der Waals surface area contributed by atoms with Gasteiger partial charge in [0.25, 0.3) is 0 Å². The van der Waals surface area contributed by atoms with Crippen LogP contribution >= 0.6 is 0 Å². The van der Waals surface area contributed by atoms with Crippen molar-refractivity contribution in [2.45, 2.75) is 32.6 Å². The molecular formula is C16H21NO2. The van der Waals surface area contributed by atoms with Crippen LogP contribution in [0.3, 0.4) is 0 Å². The van der Waals surface area contributed by atoms with Crippen LogP contribution in [0.2, 0.25) is 0 Å². The van der Waals surface area contributed by atoms with Crippen LogP contribution in [-0.2, 0) is 0 Å². The second-order valence-electron chi connectivity index (χ2n) is 6.15. The zero-order valence-corrected chi connectivity index (χ0v) is 11.4. The van der Waals surface area contributed by atoms with Gasteiger partial charge in [-0.05, 0) is 67.7 Å². The molecule has 3 rings (SSSR count). The predicted octanol–water partition coefficient (Wildman–Crippen LogP) is 3.54. The molecule has 1 aromatic carbocycles. The van der Waals surface area contributed by atoms with Crippen molar-refractivity contribution in [3.63, 3.8) is 0 Å². The van der Waals surface area contributed by atoms with Crippen LogP contribution < -0.4 is 5.32 Å². The molecule has 0 spiro atoms. The molecule has 102 valence electrons. The van der Waals surface area contributed by atoms with E-state index in [1.165, 1.54) is 25.7 Å². The number of rotatable bonds is 4. The number of aromatic carboxylic acids is 1. The fraction of sp³-hybridized carbons (Fsp3) is 0.562. The Morgan fingerprint density at radius 1 is 1.37 bits per heavy atom. The summed E-state index contributed by atoms with van der Waals surface area (Å²) < 4.78 is 0. The van der Waals surface area contributed by atoms with Gasteiger partial charge in [-0.2, -0.15) is 0 Å². The summed E-state index contributed by atoms with van der Waals surface area (Å²) in [4.78, 5) is 11.0. The number of carboxylic acid groups (broad SMARTS) is 1. The van der Waals surface area contributed by atoms with E-state index < -0.39 is 5.97 Å². The van der Waals surface area contributed by atoms with Gasteiger partial charge in [-0.25, -0.2) is 4.79 Å². The maximum absolute atomic E-state index is 11.0. The van der Waals surface area contributed by atoms with E-state index in [0.29, 0.717) is 5.56 Å². The number of carbonyl (C=O) groups is 1. The molecule has 3 unspecified atom stereocenters. The zero-order valence-electron chi connectivity index (χ0n) is 11.4. The van der Waals surface area contributed by atoms with Crippen molar-refractivity contribution >= 4 is 11.7 Å². The third-order valence-electron chi connectivity index (χ3n) is 4.91. The molecule has 2 aliphatic rings. The van der Waals surface area contributed by atoms with E-state index in [1.54, 1.807) is 6.07 Å². The Bertz CT molecular complexity index is 498. The minimum absolute atomic E-state index is 0.394. The number of hydrogen-bond donors (Lipinski definition) is 2. The second kappa shape index (κ2) is 4.87. The van der Waals surface area contributed by atoms with Gasteiger partial charge in [-0.3, -0.25) is 0 Å². The van der Waals surface area contributed by atoms with Gasteiger partial charge >= 0.3 is 5.97 Å². The van der Waals surface area contributed by atoms with Crippen molar-refractivity contribution in [3.05, 3.63) is 29.3 Å². The van der Waals surface area contributed by atoms with Crippen LogP contribution in [0.15, 0.2) is 18.2 Å². The summed E-state index contributed by atoms with van der Waals surface area (Å²) in [5.41, 5.74) is 2.26. The predicted molar refractivity (Wildman–Crippen MR) is 75.6 cm³/mol. The summed E-state index contributed by atoms with van der Waals surface area (Å²) in [6, 6.07) is 5.52. The lowest BCUT2D eigenvalue weighted by molar-refractivity contribution is 0.0696. The van der Waals surface area contributed by atoms with Gasteiger partial charge in [0.1, 0.15) is 0 Å². The van der Waals surface area contributed by atoms with Crippen molar-refractivity contribution in [1.82, 2.24) is 0 Å². The summed E-state index contributed by atoms with van der Waals surface area (Å²) in [5.74, 6) is 1.88. The minimum atomic E-state index is -0.850. The smallest absolute Gasteiger partial charge is 0.335 e. The molecule has 2 saturated carbocycles. The molecule has 2 N–H and O–H groups in total. The Balaban J connectivity index is 1.61. The molecule has 2 bridgehead atoms. The lowest BCUT2D eigenvalue weighted by Crippen LogP contribution is -2.20. The van der Waals surface area contributed by atoms with E-state index >= 15 is 0 Å². The van der Waals surface area contributed by atoms with E-state index in [4.69, 9.17) is 5.11 Å². The molecule has 2 fully saturated rings. The molecule has 3 heteroatoms. The van der Waals surface area contributed by atoms with Crippen LogP contribution in [0.5, 0.6) is 0 Å². The first kappa shape index (κ1) is 12.5. The van der Waals surface area contributed by atoms with E-state index in [0.717, 1.165) is 35.5 Å². The second-order valence-corrected chi connectivity index (χ2v) is 6.15. The Hall–Kier alpha value is -1.51. The highest BCUT2D eigenvalue weighted by atomic mass is 16.4. The topological polar surface area (TPSA) is 49.3 Å². The van der Waals surface area contributed by atoms with Gasteiger partial charge < -0.3 is 10.4 Å². The molecule has 19 heavy (non-hydrogen) atoms. The van der Waals surface area contributed by atoms with Crippen LogP contribution in [0.4, 0.5) is 5.69 Å². The Morgan fingerprint density at radius 3 is 2.79 bits per heavy atom. The third kappa shape index (κ3) is 2.46. The summed E-state index contributed by atoms with van der Waals surface area (Å²) in [5, 5.41) is 12.5. The normalized spacial score (nSPS) is 28.6. The molecular weight excluding hydrogens is 238 g/mol. The maximum Gasteiger partial charge on any atom is 0.335 e. The van der Waals surface area contributed by atoms with E-state index in [2.05, 4.69) is 5.32 Å². The Kier molecular flexibility index (Phi) is 3.21. The minimum Gasteiger partial charge on any atom is -0.478 e. The summed E-state index contributed by atoms with van der Waals surface area (Å²) in [7, 11) is 0. The highest BCUT2D eigenvalue weighted by molar-refractivity contribution is 5.89. The number of hydrogen-bond acceptors (Lipinski definition) is 2. The molecule has 0 heterocycles. The quantitative estimate of drug-likeness (QED) is 0.869. The van der Waals surface area contributed by atoms with Crippen molar-refractivity contribution < 1.29 is 9.90 Å². The molecule has 0 amide bonds. The molecule has 0 aromatic heterocycles. The van der Waals surface area contributed by atoms with Gasteiger partial charge in [0, 0.05) is 12.2 Å². The molecule has 1 aromatic rings. The van der Waals surface area contributed by atoms with Crippen LogP contribution in [0.25, 0.3) is 0 Å². The molecule has 0 radical (unpaired) electrons. The number of nitrogens with one attached hydrogen (secondary N) is 1. The summed E-state index contributed by atoms with van der Waals surface area (Å²) in [6.45, 7) is 2.89. The summed E-state index contributed by atoms with van der Waals surface area (Å²) in [6.07, 6.45) is 5.66. The standard InChI is InChI=1S/C16H21NO2/c1-10-6-14(4-5-15(10)16(18)19)17-9-13-8-11-2-3-12(13)7-11/h4-6,11-13,17H,2-3,7-9H2,1H3,(H,18,19). The average molecular weight is 259 g/mol. The number of anilines is 1. The fourth-order valence-electron chi connectivity index (χ4n) is 3.89. The maximum atomic E-state index is 11.0. The van der Waals surface area contributed by atoms with Crippen molar-refractivity contribution in [3.8, 4) is 0 Å². The molecule has 0 saturated heterocycles. The lowest BCUT2D eigenvalue weighted by atomic mass is 9.89. The largest absolute Gasteiger partial charge is 0.478 e. The van der Waals surface area contributed by atoms with E-state index in [9.17, 15) is 4.79 Å². The number of fused-ring (bicyclic) bond motifs is 2. The first-order valence-corrected chi connectivity index (χ1v) is 7.21. The molecule has 3 atom stereocenters. The SMILES string of the molecule is Cc1cc(NCC2CC3CCC2C3)ccc1C(=O)O. The monoisotopic (exact) mass is 259 g/mol. The van der Waals surface area contributed by atoms with Gasteiger partial charge in [-0.1, -0.05) is 6.42 Å². The Labute approximate surface area is 114 Å². The molecule has 0 aliphatic heterocycles. The fourth-order valence-corrected chi connectivity index (χ4v) is 3.89. The van der Waals surface area contributed by atoms with Gasteiger partial charge in [-0.15, -0.1) is 0 Å². The third-order valence-corrected chi connectivity index (χ3v) is 4.91. The zero-order chi connectivity index (χ0) is 13.4. The van der Waals surface area contributed by atoms with E-state index in [-0.39, 0.29) is 0 Å². The highest BCUT2D eigenvalue weighted by Gasteiger charge is 2.38. The number of benzene rings is 1. The van der Waals surface area contributed by atoms with Crippen LogP contribution in [0.1, 0.15) is 41.6 Å². The van der Waals surface area contributed by atoms with Gasteiger partial charge in [0.2, 0.25) is 0 Å². The first-order valence-electron chi connectivity index (χ1n) is 7.21. The Morgan fingerprint density at radius 2 is 2.21 bits per heavy atom. The van der Waals surface area contributed by atoms with Crippen LogP contribution in [0, 0.1) is 24.7 Å². The average Bonchev–Trinajstić information content (AvgIpc) is 2.98. The molecule has 3 nitrogen and oxygen atoms in total. The van der Waals surface area contributed by atoms with Gasteiger partial charge in [0.15, 0.2) is 0 Å². The lowest BCUT2D eigenvalue weighted by Gasteiger charge is -2.22. The van der Waals surface area contributed by atoms with Crippen molar-refractivity contribution in [2.24, 2.45) is 17.8 Å². The first-order chi connectivity index (χ1) is 9.13. The van der Waals surface area contributed by atoms with Crippen LogP contribution in [-0.4, -0.2) is 17.6 Å². The van der Waals surface area contributed by atoms with Crippen molar-refractivity contribution in [1.29, 1.82) is 0 Å². The van der Waals surface area contributed by atoms with E-state index in [1.807, 2.05) is 19.1 Å². The number of carboxylic acids is 1. The molecule has 2 aliphatic carbocycles. The van der Waals surface area contributed by atoms with Gasteiger partial charge in [0.05, 0.1) is 5.56 Å². The number of aryl methyl sites for hydroxylation is 1. The van der Waals surface area contributed by atoms with Crippen molar-refractivity contribution in [2.75, 3.05) is 11.9 Å².